The molecule has 0 fully saturated rings. The van der Waals surface area contributed by atoms with Gasteiger partial charge in [0.05, 0.1) is 25.0 Å². The van der Waals surface area contributed by atoms with Crippen molar-refractivity contribution in [3.8, 4) is 11.8 Å². The van der Waals surface area contributed by atoms with Gasteiger partial charge in [0.25, 0.3) is 0 Å². The summed E-state index contributed by atoms with van der Waals surface area (Å²) < 4.78 is 11.2. The van der Waals surface area contributed by atoms with Crippen LogP contribution in [0, 0.1) is 18.3 Å². The van der Waals surface area contributed by atoms with Gasteiger partial charge in [0, 0.05) is 5.57 Å². The molecular formula is C18H20N4O2. The Kier molecular flexibility index (Phi) is 3.82. The van der Waals surface area contributed by atoms with Crippen LogP contribution in [0.4, 0.5) is 5.69 Å². The number of anilines is 1. The molecule has 1 aromatic carbocycles. The number of nitrogens with two attached hydrogens (primary N) is 1. The summed E-state index contributed by atoms with van der Waals surface area (Å²) >= 11 is 0. The minimum absolute atomic E-state index is 0.290. The van der Waals surface area contributed by atoms with Crippen molar-refractivity contribution in [2.24, 2.45) is 10.8 Å². The number of rotatable bonds is 2. The summed E-state index contributed by atoms with van der Waals surface area (Å²) in [4.78, 5) is 0. The van der Waals surface area contributed by atoms with Crippen LogP contribution in [-0.4, -0.2) is 25.0 Å². The maximum atomic E-state index is 9.65. The van der Waals surface area contributed by atoms with Crippen LogP contribution in [0.3, 0.4) is 0 Å². The maximum absolute atomic E-state index is 9.65. The van der Waals surface area contributed by atoms with Crippen molar-refractivity contribution in [1.29, 1.82) is 5.26 Å². The normalized spacial score (nSPS) is 19.2. The first-order chi connectivity index (χ1) is 11.4. The van der Waals surface area contributed by atoms with Gasteiger partial charge < -0.3 is 15.2 Å². The van der Waals surface area contributed by atoms with Crippen molar-refractivity contribution in [2.45, 2.75) is 26.4 Å². The fourth-order valence-corrected chi connectivity index (χ4v) is 2.88. The third kappa shape index (κ3) is 2.53. The van der Waals surface area contributed by atoms with Gasteiger partial charge in [-0.2, -0.15) is 10.4 Å². The Labute approximate surface area is 141 Å². The van der Waals surface area contributed by atoms with Crippen molar-refractivity contribution >= 4 is 11.4 Å². The highest BCUT2D eigenvalue weighted by Gasteiger charge is 2.34. The summed E-state index contributed by atoms with van der Waals surface area (Å²) in [5.41, 5.74) is 9.34. The molecule has 0 radical (unpaired) electrons. The summed E-state index contributed by atoms with van der Waals surface area (Å²) in [7, 11) is 1.60. The molecule has 2 N–H and O–H groups in total. The molecule has 24 heavy (non-hydrogen) atoms. The number of hydrazone groups is 1. The van der Waals surface area contributed by atoms with Crippen LogP contribution in [-0.2, 0) is 4.74 Å². The summed E-state index contributed by atoms with van der Waals surface area (Å²) in [5, 5.41) is 15.9. The number of ether oxygens (including phenoxy) is 2. The van der Waals surface area contributed by atoms with E-state index >= 15 is 0 Å². The molecule has 1 aromatic rings. The van der Waals surface area contributed by atoms with E-state index in [-0.39, 0.29) is 5.82 Å². The summed E-state index contributed by atoms with van der Waals surface area (Å²) in [5.74, 6) is 0.932. The molecule has 3 rings (SSSR count). The van der Waals surface area contributed by atoms with Crippen molar-refractivity contribution in [3.05, 3.63) is 46.8 Å². The average Bonchev–Trinajstić information content (AvgIpc) is 2.54. The van der Waals surface area contributed by atoms with Crippen LogP contribution >= 0.6 is 0 Å². The second-order valence-electron chi connectivity index (χ2n) is 6.31. The van der Waals surface area contributed by atoms with Crippen LogP contribution < -0.4 is 15.5 Å². The average molecular weight is 324 g/mol. The Morgan fingerprint density at radius 3 is 2.83 bits per heavy atom. The zero-order valence-corrected chi connectivity index (χ0v) is 14.3. The Hall–Kier alpha value is -2.78. The van der Waals surface area contributed by atoms with E-state index in [1.165, 1.54) is 0 Å². The Bertz CT molecular complexity index is 828. The van der Waals surface area contributed by atoms with E-state index in [2.05, 4.69) is 11.2 Å². The quantitative estimate of drug-likeness (QED) is 0.904. The number of nitriles is 1. The van der Waals surface area contributed by atoms with Gasteiger partial charge in [0.2, 0.25) is 0 Å². The molecule has 0 spiro atoms. The van der Waals surface area contributed by atoms with Crippen molar-refractivity contribution < 1.29 is 9.47 Å². The number of nitrogens with zero attached hydrogens (tertiary/aromatic N) is 3. The van der Waals surface area contributed by atoms with Gasteiger partial charge >= 0.3 is 0 Å². The van der Waals surface area contributed by atoms with Gasteiger partial charge in [-0.05, 0) is 38.5 Å². The van der Waals surface area contributed by atoms with Gasteiger partial charge in [-0.3, -0.25) is 0 Å². The van der Waals surface area contributed by atoms with Gasteiger partial charge in [0.15, 0.2) is 0 Å². The molecule has 0 aliphatic carbocycles. The minimum atomic E-state index is -0.459. The number of para-hydroxylation sites is 1. The number of fused-ring (bicyclic) bond motifs is 1. The van der Waals surface area contributed by atoms with E-state index in [9.17, 15) is 5.26 Å². The van der Waals surface area contributed by atoms with E-state index < -0.39 is 5.60 Å². The standard InChI is InChI=1S/C18H20N4O2/c1-11-6-5-7-15(23-4)16(11)22-17(20)13(9-19)12-8-18(2,3)24-10-14(12)21-22/h5-8H,10,20H2,1-4H3. The minimum Gasteiger partial charge on any atom is -0.494 e. The molecule has 2 aliphatic rings. The lowest BCUT2D eigenvalue weighted by Gasteiger charge is -2.34. The van der Waals surface area contributed by atoms with Crippen molar-refractivity contribution in [1.82, 2.24) is 0 Å². The zero-order valence-electron chi connectivity index (χ0n) is 14.3. The Balaban J connectivity index is 2.20. The van der Waals surface area contributed by atoms with Gasteiger partial charge in [-0.1, -0.05) is 12.1 Å². The van der Waals surface area contributed by atoms with Crippen molar-refractivity contribution in [2.75, 3.05) is 18.7 Å². The molecule has 2 heterocycles. The van der Waals surface area contributed by atoms with Crippen LogP contribution in [0.2, 0.25) is 0 Å². The van der Waals surface area contributed by atoms with Gasteiger partial charge in [-0.25, -0.2) is 5.01 Å². The largest absolute Gasteiger partial charge is 0.494 e. The number of hydrogen-bond acceptors (Lipinski definition) is 6. The molecule has 0 atom stereocenters. The number of allylic oxidation sites excluding steroid dienone is 1. The molecule has 0 aromatic heterocycles. The smallest absolute Gasteiger partial charge is 0.144 e. The SMILES string of the molecule is COc1cccc(C)c1N1N=C2COC(C)(C)C=C2C(C#N)=C1N. The fraction of sp³-hybridized carbons (Fsp3) is 0.333. The van der Waals surface area contributed by atoms with Crippen LogP contribution in [0.15, 0.2) is 46.3 Å². The lowest BCUT2D eigenvalue weighted by atomic mass is 9.92. The molecule has 124 valence electrons. The molecule has 0 saturated carbocycles. The van der Waals surface area contributed by atoms with Gasteiger partial charge in [0.1, 0.15) is 28.9 Å². The van der Waals surface area contributed by atoms with Crippen LogP contribution in [0.1, 0.15) is 19.4 Å². The number of aryl methyl sites for hydroxylation is 1. The predicted octanol–water partition coefficient (Wildman–Crippen LogP) is 2.61. The second kappa shape index (κ2) is 5.69. The topological polar surface area (TPSA) is 83.9 Å². The third-order valence-corrected chi connectivity index (χ3v) is 4.10. The first kappa shape index (κ1) is 16.1. The maximum Gasteiger partial charge on any atom is 0.144 e. The molecule has 0 bridgehead atoms. The molecule has 6 heteroatoms. The highest BCUT2D eigenvalue weighted by molar-refractivity contribution is 6.08. The van der Waals surface area contributed by atoms with Crippen LogP contribution in [0.25, 0.3) is 0 Å². The second-order valence-corrected chi connectivity index (χ2v) is 6.31. The number of benzene rings is 1. The first-order valence-electron chi connectivity index (χ1n) is 7.66. The fourth-order valence-electron chi connectivity index (χ4n) is 2.88. The zero-order chi connectivity index (χ0) is 17.5. The lowest BCUT2D eigenvalue weighted by Crippen LogP contribution is -2.39. The van der Waals surface area contributed by atoms with Gasteiger partial charge in [-0.15, -0.1) is 0 Å². The Morgan fingerprint density at radius 1 is 1.42 bits per heavy atom. The van der Waals surface area contributed by atoms with E-state index in [0.29, 0.717) is 23.6 Å². The molecular weight excluding hydrogens is 304 g/mol. The van der Waals surface area contributed by atoms with E-state index in [1.54, 1.807) is 12.1 Å². The van der Waals surface area contributed by atoms with E-state index in [4.69, 9.17) is 15.2 Å². The van der Waals surface area contributed by atoms with E-state index in [0.717, 1.165) is 16.8 Å². The number of methoxy groups -OCH3 is 1. The summed E-state index contributed by atoms with van der Waals surface area (Å²) in [6.45, 7) is 6.16. The van der Waals surface area contributed by atoms with Crippen LogP contribution in [0.5, 0.6) is 5.75 Å². The highest BCUT2D eigenvalue weighted by atomic mass is 16.5. The molecule has 0 unspecified atom stereocenters. The molecule has 6 nitrogen and oxygen atoms in total. The van der Waals surface area contributed by atoms with Crippen molar-refractivity contribution in [3.63, 3.8) is 0 Å². The first-order valence-corrected chi connectivity index (χ1v) is 7.66. The van der Waals surface area contributed by atoms with E-state index in [1.807, 2.05) is 45.0 Å². The summed E-state index contributed by atoms with van der Waals surface area (Å²) in [6, 6.07) is 7.90. The molecule has 2 aliphatic heterocycles. The third-order valence-electron chi connectivity index (χ3n) is 4.10. The molecule has 0 amide bonds. The molecule has 0 saturated heterocycles. The lowest BCUT2D eigenvalue weighted by molar-refractivity contribution is 0.0409. The highest BCUT2D eigenvalue weighted by Crippen LogP contribution is 2.38. The number of hydrogen-bond donors (Lipinski definition) is 1. The predicted molar refractivity (Wildman–Crippen MR) is 92.6 cm³/mol. The summed E-state index contributed by atoms with van der Waals surface area (Å²) in [6.07, 6.45) is 1.90. The Morgan fingerprint density at radius 2 is 2.17 bits per heavy atom. The monoisotopic (exact) mass is 324 g/mol.